The Kier molecular flexibility index (Phi) is 9.24. The summed E-state index contributed by atoms with van der Waals surface area (Å²) in [6, 6.07) is 0. The highest BCUT2D eigenvalue weighted by Gasteiger charge is 1.89. The normalized spacial score (nSPS) is 11.2. The van der Waals surface area contributed by atoms with Crippen LogP contribution in [-0.4, -0.2) is 63.1 Å². The average molecular weight is 228 g/mol. The standard InChI is InChI=1S/C10H20N4O2/c1-10(12-4-6-15)13-8-11-9-14(2)5-7-16-3/h8-9,12,15H,1,4-7H2,2-3H3/b11-9+,13-8-. The molecule has 0 aromatic carbocycles. The molecule has 0 aliphatic heterocycles. The number of hydrogen-bond acceptors (Lipinski definition) is 4. The van der Waals surface area contributed by atoms with Crippen LogP contribution in [0.25, 0.3) is 0 Å². The Morgan fingerprint density at radius 1 is 1.62 bits per heavy atom. The highest BCUT2D eigenvalue weighted by molar-refractivity contribution is 5.71. The molecule has 0 bridgehead atoms. The molecule has 0 aliphatic carbocycles. The quantitative estimate of drug-likeness (QED) is 0.419. The number of nitrogens with zero attached hydrogens (tertiary/aromatic N) is 3. The second-order valence-corrected chi connectivity index (χ2v) is 3.08. The number of likely N-dealkylation sites (N-methyl/N-ethyl adjacent to an activating group) is 1. The van der Waals surface area contributed by atoms with E-state index in [9.17, 15) is 0 Å². The van der Waals surface area contributed by atoms with Crippen molar-refractivity contribution in [2.24, 2.45) is 9.98 Å². The first-order valence-corrected chi connectivity index (χ1v) is 4.99. The highest BCUT2D eigenvalue weighted by Crippen LogP contribution is 1.83. The minimum absolute atomic E-state index is 0.0531. The van der Waals surface area contributed by atoms with Crippen LogP contribution in [0, 0.1) is 0 Å². The van der Waals surface area contributed by atoms with Gasteiger partial charge in [-0.3, -0.25) is 0 Å². The molecule has 0 radical (unpaired) electrons. The average Bonchev–Trinajstić information content (AvgIpc) is 2.29. The summed E-state index contributed by atoms with van der Waals surface area (Å²) in [5.74, 6) is 0.478. The third-order valence-electron chi connectivity index (χ3n) is 1.63. The fourth-order valence-corrected chi connectivity index (χ4v) is 0.785. The number of aliphatic hydroxyl groups is 1. The molecule has 0 heterocycles. The van der Waals surface area contributed by atoms with E-state index in [2.05, 4.69) is 21.9 Å². The molecule has 0 aromatic heterocycles. The van der Waals surface area contributed by atoms with E-state index in [1.807, 2.05) is 11.9 Å². The SMILES string of the molecule is C=C(/N=C\N=C\N(C)CCOC)NCCO. The Hall–Kier alpha value is -1.40. The Morgan fingerprint density at radius 3 is 3.00 bits per heavy atom. The first kappa shape index (κ1) is 14.6. The third kappa shape index (κ3) is 9.17. The van der Waals surface area contributed by atoms with Crippen LogP contribution < -0.4 is 5.32 Å². The first-order chi connectivity index (χ1) is 7.70. The van der Waals surface area contributed by atoms with Gasteiger partial charge in [0.25, 0.3) is 0 Å². The van der Waals surface area contributed by atoms with Gasteiger partial charge in [-0.25, -0.2) is 9.98 Å². The Labute approximate surface area is 96.3 Å². The molecule has 0 aliphatic rings. The van der Waals surface area contributed by atoms with Gasteiger partial charge < -0.3 is 20.1 Å². The van der Waals surface area contributed by atoms with Gasteiger partial charge in [0.1, 0.15) is 12.2 Å². The topological polar surface area (TPSA) is 69.5 Å². The summed E-state index contributed by atoms with van der Waals surface area (Å²) in [5.41, 5.74) is 0. The van der Waals surface area contributed by atoms with E-state index in [1.165, 1.54) is 6.34 Å². The molecule has 0 fully saturated rings. The van der Waals surface area contributed by atoms with Gasteiger partial charge in [-0.15, -0.1) is 0 Å². The highest BCUT2D eigenvalue weighted by atomic mass is 16.5. The van der Waals surface area contributed by atoms with E-state index in [4.69, 9.17) is 9.84 Å². The van der Waals surface area contributed by atoms with Crippen LogP contribution in [0.15, 0.2) is 22.4 Å². The van der Waals surface area contributed by atoms with Gasteiger partial charge in [0.2, 0.25) is 0 Å². The van der Waals surface area contributed by atoms with Crippen LogP contribution in [0.2, 0.25) is 0 Å². The molecule has 6 heteroatoms. The fourth-order valence-electron chi connectivity index (χ4n) is 0.785. The molecule has 6 nitrogen and oxygen atoms in total. The number of hydrogen-bond donors (Lipinski definition) is 2. The monoisotopic (exact) mass is 228 g/mol. The van der Waals surface area contributed by atoms with Crippen molar-refractivity contribution in [1.82, 2.24) is 10.2 Å². The second-order valence-electron chi connectivity index (χ2n) is 3.08. The maximum atomic E-state index is 8.54. The summed E-state index contributed by atoms with van der Waals surface area (Å²) in [6.07, 6.45) is 3.05. The van der Waals surface area contributed by atoms with Crippen molar-refractivity contribution in [2.45, 2.75) is 0 Å². The zero-order valence-corrected chi connectivity index (χ0v) is 9.89. The van der Waals surface area contributed by atoms with Crippen molar-refractivity contribution in [1.29, 1.82) is 0 Å². The zero-order valence-electron chi connectivity index (χ0n) is 9.89. The van der Waals surface area contributed by atoms with Crippen LogP contribution in [0.4, 0.5) is 0 Å². The van der Waals surface area contributed by atoms with Crippen LogP contribution in [0.1, 0.15) is 0 Å². The van der Waals surface area contributed by atoms with E-state index in [-0.39, 0.29) is 6.61 Å². The van der Waals surface area contributed by atoms with Crippen molar-refractivity contribution in [2.75, 3.05) is 40.5 Å². The minimum atomic E-state index is 0.0531. The van der Waals surface area contributed by atoms with Crippen molar-refractivity contribution in [3.63, 3.8) is 0 Å². The number of aliphatic hydroxyl groups excluding tert-OH is 1. The van der Waals surface area contributed by atoms with Crippen molar-refractivity contribution < 1.29 is 9.84 Å². The van der Waals surface area contributed by atoms with E-state index in [1.54, 1.807) is 13.4 Å². The van der Waals surface area contributed by atoms with Crippen LogP contribution in [0.3, 0.4) is 0 Å². The Balaban J connectivity index is 3.71. The number of nitrogens with one attached hydrogen (secondary N) is 1. The smallest absolute Gasteiger partial charge is 0.120 e. The molecule has 0 atom stereocenters. The van der Waals surface area contributed by atoms with Crippen molar-refractivity contribution in [3.05, 3.63) is 12.4 Å². The second kappa shape index (κ2) is 10.1. The molecule has 16 heavy (non-hydrogen) atoms. The molecular weight excluding hydrogens is 208 g/mol. The van der Waals surface area contributed by atoms with Crippen molar-refractivity contribution in [3.8, 4) is 0 Å². The summed E-state index contributed by atoms with van der Waals surface area (Å²) in [5, 5.41) is 11.3. The molecule has 2 N–H and O–H groups in total. The van der Waals surface area contributed by atoms with E-state index in [0.717, 1.165) is 6.54 Å². The number of ether oxygens (including phenoxy) is 1. The zero-order chi connectivity index (χ0) is 12.2. The maximum Gasteiger partial charge on any atom is 0.120 e. The lowest BCUT2D eigenvalue weighted by molar-refractivity contribution is 0.184. The van der Waals surface area contributed by atoms with Gasteiger partial charge in [-0.1, -0.05) is 6.58 Å². The predicted molar refractivity (Wildman–Crippen MR) is 65.7 cm³/mol. The van der Waals surface area contributed by atoms with Gasteiger partial charge in [0.15, 0.2) is 0 Å². The number of methoxy groups -OCH3 is 1. The van der Waals surface area contributed by atoms with Crippen LogP contribution in [0.5, 0.6) is 0 Å². The van der Waals surface area contributed by atoms with Gasteiger partial charge >= 0.3 is 0 Å². The number of rotatable bonds is 9. The van der Waals surface area contributed by atoms with Crippen LogP contribution in [-0.2, 0) is 4.74 Å². The third-order valence-corrected chi connectivity index (χ3v) is 1.63. The fraction of sp³-hybridized carbons (Fsp3) is 0.600. The van der Waals surface area contributed by atoms with Gasteiger partial charge in [0.05, 0.1) is 19.6 Å². The van der Waals surface area contributed by atoms with Crippen LogP contribution >= 0.6 is 0 Å². The summed E-state index contributed by atoms with van der Waals surface area (Å²) < 4.78 is 4.92. The largest absolute Gasteiger partial charge is 0.395 e. The first-order valence-electron chi connectivity index (χ1n) is 4.99. The summed E-state index contributed by atoms with van der Waals surface area (Å²) in [4.78, 5) is 9.77. The lowest BCUT2D eigenvalue weighted by atomic mass is 10.6. The minimum Gasteiger partial charge on any atom is -0.395 e. The Bertz CT molecular complexity index is 241. The summed E-state index contributed by atoms with van der Waals surface area (Å²) in [7, 11) is 3.55. The lowest BCUT2D eigenvalue weighted by Crippen LogP contribution is -2.21. The predicted octanol–water partition coefficient (Wildman–Crippen LogP) is -0.326. The molecule has 0 unspecified atom stereocenters. The molecule has 0 rings (SSSR count). The molecule has 0 saturated carbocycles. The molecule has 0 amide bonds. The molecule has 0 aromatic rings. The Morgan fingerprint density at radius 2 is 2.38 bits per heavy atom. The molecular formula is C10H20N4O2. The summed E-state index contributed by atoms with van der Waals surface area (Å²) >= 11 is 0. The molecule has 0 saturated heterocycles. The summed E-state index contributed by atoms with van der Waals surface area (Å²) in [6.45, 7) is 5.55. The van der Waals surface area contributed by atoms with E-state index >= 15 is 0 Å². The molecule has 92 valence electrons. The molecule has 0 spiro atoms. The van der Waals surface area contributed by atoms with E-state index in [0.29, 0.717) is 19.0 Å². The van der Waals surface area contributed by atoms with Gasteiger partial charge in [0, 0.05) is 27.2 Å². The lowest BCUT2D eigenvalue weighted by Gasteiger charge is -2.10. The van der Waals surface area contributed by atoms with E-state index < -0.39 is 0 Å². The maximum absolute atomic E-state index is 8.54. The van der Waals surface area contributed by atoms with Gasteiger partial charge in [-0.05, 0) is 0 Å². The van der Waals surface area contributed by atoms with Gasteiger partial charge in [-0.2, -0.15) is 0 Å². The van der Waals surface area contributed by atoms with Crippen molar-refractivity contribution >= 4 is 12.7 Å². The number of aliphatic imine (C=N–C) groups is 2.